The van der Waals surface area contributed by atoms with Crippen LogP contribution in [0, 0.1) is 0 Å². The summed E-state index contributed by atoms with van der Waals surface area (Å²) in [6.45, 7) is 1.91. The third kappa shape index (κ3) is 3.55. The minimum Gasteiger partial charge on any atom is -0.354 e. The van der Waals surface area contributed by atoms with Crippen molar-refractivity contribution in [3.63, 3.8) is 0 Å². The van der Waals surface area contributed by atoms with Crippen LogP contribution in [0.1, 0.15) is 52.3 Å². The van der Waals surface area contributed by atoms with E-state index in [4.69, 9.17) is 0 Å². The van der Waals surface area contributed by atoms with Crippen molar-refractivity contribution >= 4 is 11.8 Å². The first-order valence-electron chi connectivity index (χ1n) is 8.31. The number of hydrogen-bond acceptors (Lipinski definition) is 3. The van der Waals surface area contributed by atoms with Gasteiger partial charge >= 0.3 is 0 Å². The van der Waals surface area contributed by atoms with Crippen molar-refractivity contribution in [2.24, 2.45) is 0 Å². The van der Waals surface area contributed by atoms with Crippen LogP contribution in [0.2, 0.25) is 0 Å². The Bertz CT molecular complexity index is 769. The summed E-state index contributed by atoms with van der Waals surface area (Å²) in [7, 11) is 1.51. The smallest absolute Gasteiger partial charge is 0.271 e. The van der Waals surface area contributed by atoms with Crippen molar-refractivity contribution in [3.8, 4) is 0 Å². The largest absolute Gasteiger partial charge is 0.354 e. The topological polar surface area (TPSA) is 76.0 Å². The SMILES string of the molecule is CNC(=O)c1cc(C(=O)NC2CC(F)C2)n([C@@H](C)c2ccccc2)n1. The number of halogens is 1. The first kappa shape index (κ1) is 17.1. The number of carbonyl (C=O) groups is 2. The molecule has 2 N–H and O–H groups in total. The maximum absolute atomic E-state index is 13.0. The van der Waals surface area contributed by atoms with Crippen LogP contribution in [0.15, 0.2) is 36.4 Å². The quantitative estimate of drug-likeness (QED) is 0.872. The predicted molar refractivity (Wildman–Crippen MR) is 91.3 cm³/mol. The second kappa shape index (κ2) is 7.04. The number of benzene rings is 1. The Morgan fingerprint density at radius 2 is 1.92 bits per heavy atom. The molecule has 1 heterocycles. The molecule has 132 valence electrons. The molecule has 6 nitrogen and oxygen atoms in total. The lowest BCUT2D eigenvalue weighted by Gasteiger charge is -2.30. The molecule has 7 heteroatoms. The number of amides is 2. The highest BCUT2D eigenvalue weighted by Gasteiger charge is 2.32. The molecule has 1 atom stereocenters. The number of hydrogen-bond donors (Lipinski definition) is 2. The van der Waals surface area contributed by atoms with Gasteiger partial charge in [-0.15, -0.1) is 0 Å². The normalized spacial score (nSPS) is 20.4. The van der Waals surface area contributed by atoms with E-state index in [1.165, 1.54) is 13.1 Å². The van der Waals surface area contributed by atoms with Crippen molar-refractivity contribution in [1.82, 2.24) is 20.4 Å². The van der Waals surface area contributed by atoms with Crippen LogP contribution in [0.3, 0.4) is 0 Å². The molecule has 2 aromatic rings. The summed E-state index contributed by atoms with van der Waals surface area (Å²) >= 11 is 0. The molecule has 0 unspecified atom stereocenters. The van der Waals surface area contributed by atoms with E-state index >= 15 is 0 Å². The molecule has 0 aliphatic heterocycles. The fraction of sp³-hybridized carbons (Fsp3) is 0.389. The highest BCUT2D eigenvalue weighted by atomic mass is 19.1. The van der Waals surface area contributed by atoms with Gasteiger partial charge in [0.1, 0.15) is 11.9 Å². The second-order valence-corrected chi connectivity index (χ2v) is 6.26. The van der Waals surface area contributed by atoms with E-state index in [0.29, 0.717) is 12.8 Å². The van der Waals surface area contributed by atoms with Gasteiger partial charge in [0.25, 0.3) is 11.8 Å². The molecule has 0 bridgehead atoms. The molecule has 25 heavy (non-hydrogen) atoms. The molecule has 1 fully saturated rings. The number of nitrogens with one attached hydrogen (secondary N) is 2. The minimum atomic E-state index is -0.847. The summed E-state index contributed by atoms with van der Waals surface area (Å²) in [5, 5.41) is 9.64. The molecule has 1 saturated carbocycles. The summed E-state index contributed by atoms with van der Waals surface area (Å²) in [6, 6.07) is 10.7. The van der Waals surface area contributed by atoms with E-state index in [2.05, 4.69) is 15.7 Å². The Labute approximate surface area is 145 Å². The fourth-order valence-corrected chi connectivity index (χ4v) is 2.90. The number of rotatable bonds is 5. The van der Waals surface area contributed by atoms with E-state index in [1.807, 2.05) is 37.3 Å². The minimum absolute atomic E-state index is 0.165. The summed E-state index contributed by atoms with van der Waals surface area (Å²) in [4.78, 5) is 24.5. The zero-order chi connectivity index (χ0) is 18.0. The Balaban J connectivity index is 1.90. The van der Waals surface area contributed by atoms with E-state index in [1.54, 1.807) is 4.68 Å². The van der Waals surface area contributed by atoms with Gasteiger partial charge in [0.15, 0.2) is 5.69 Å². The Morgan fingerprint density at radius 3 is 2.52 bits per heavy atom. The van der Waals surface area contributed by atoms with Gasteiger partial charge in [-0.1, -0.05) is 30.3 Å². The number of alkyl halides is 1. The Kier molecular flexibility index (Phi) is 4.83. The molecular formula is C18H21FN4O2. The molecule has 3 rings (SSSR count). The predicted octanol–water partition coefficient (Wildman–Crippen LogP) is 2.08. The lowest BCUT2D eigenvalue weighted by Crippen LogP contribution is -2.45. The molecule has 1 aliphatic rings. The first-order chi connectivity index (χ1) is 12.0. The zero-order valence-corrected chi connectivity index (χ0v) is 14.2. The Morgan fingerprint density at radius 1 is 1.24 bits per heavy atom. The van der Waals surface area contributed by atoms with Crippen LogP contribution in [0.25, 0.3) is 0 Å². The number of carbonyl (C=O) groups excluding carboxylic acids is 2. The summed E-state index contributed by atoms with van der Waals surface area (Å²) in [5.74, 6) is -0.706. The van der Waals surface area contributed by atoms with Gasteiger partial charge in [0.2, 0.25) is 0 Å². The van der Waals surface area contributed by atoms with Gasteiger partial charge in [-0.3, -0.25) is 14.3 Å². The van der Waals surface area contributed by atoms with Crippen LogP contribution < -0.4 is 10.6 Å². The summed E-state index contributed by atoms with van der Waals surface area (Å²) in [6.07, 6.45) is -0.188. The summed E-state index contributed by atoms with van der Waals surface area (Å²) < 4.78 is 14.5. The van der Waals surface area contributed by atoms with Gasteiger partial charge in [-0.05, 0) is 25.3 Å². The van der Waals surface area contributed by atoms with E-state index < -0.39 is 6.17 Å². The van der Waals surface area contributed by atoms with Crippen LogP contribution in [-0.2, 0) is 0 Å². The molecule has 0 spiro atoms. The van der Waals surface area contributed by atoms with Crippen molar-refractivity contribution in [3.05, 3.63) is 53.3 Å². The summed E-state index contributed by atoms with van der Waals surface area (Å²) in [5.41, 5.74) is 1.43. The van der Waals surface area contributed by atoms with Gasteiger partial charge in [-0.25, -0.2) is 4.39 Å². The third-order valence-corrected chi connectivity index (χ3v) is 4.49. The van der Waals surface area contributed by atoms with Gasteiger partial charge < -0.3 is 10.6 Å². The lowest BCUT2D eigenvalue weighted by atomic mass is 9.91. The van der Waals surface area contributed by atoms with Gasteiger partial charge in [-0.2, -0.15) is 5.10 Å². The van der Waals surface area contributed by atoms with Crippen molar-refractivity contribution in [1.29, 1.82) is 0 Å². The van der Waals surface area contributed by atoms with Crippen molar-refractivity contribution in [2.45, 2.75) is 38.0 Å². The number of nitrogens with zero attached hydrogens (tertiary/aromatic N) is 2. The van der Waals surface area contributed by atoms with E-state index in [9.17, 15) is 14.0 Å². The molecule has 1 aromatic heterocycles. The van der Waals surface area contributed by atoms with E-state index in [-0.39, 0.29) is 35.3 Å². The van der Waals surface area contributed by atoms with Crippen LogP contribution in [-0.4, -0.2) is 40.9 Å². The standard InChI is InChI=1S/C18H21FN4O2/c1-11(12-6-4-3-5-7-12)23-16(10-15(22-23)17(24)20-2)18(25)21-14-8-13(19)9-14/h3-7,10-11,13-14H,8-9H2,1-2H3,(H,20,24)(H,21,25)/t11-,13?,14?/m0/s1. The first-order valence-corrected chi connectivity index (χ1v) is 8.31. The van der Waals surface area contributed by atoms with Crippen LogP contribution >= 0.6 is 0 Å². The van der Waals surface area contributed by atoms with Crippen molar-refractivity contribution < 1.29 is 14.0 Å². The van der Waals surface area contributed by atoms with Crippen molar-refractivity contribution in [2.75, 3.05) is 7.05 Å². The Hall–Kier alpha value is -2.70. The van der Waals surface area contributed by atoms with Gasteiger partial charge in [0.05, 0.1) is 6.04 Å². The fourth-order valence-electron chi connectivity index (χ4n) is 2.90. The highest BCUT2D eigenvalue weighted by molar-refractivity contribution is 5.98. The third-order valence-electron chi connectivity index (χ3n) is 4.49. The maximum atomic E-state index is 13.0. The van der Waals surface area contributed by atoms with Crippen LogP contribution in [0.5, 0.6) is 0 Å². The lowest BCUT2D eigenvalue weighted by molar-refractivity contribution is 0.0847. The molecule has 0 radical (unpaired) electrons. The zero-order valence-electron chi connectivity index (χ0n) is 14.2. The van der Waals surface area contributed by atoms with Crippen LogP contribution in [0.4, 0.5) is 4.39 Å². The molecule has 1 aliphatic carbocycles. The molecule has 1 aromatic carbocycles. The molecular weight excluding hydrogens is 323 g/mol. The average Bonchev–Trinajstić information content (AvgIpc) is 3.05. The monoisotopic (exact) mass is 344 g/mol. The maximum Gasteiger partial charge on any atom is 0.271 e. The average molecular weight is 344 g/mol. The van der Waals surface area contributed by atoms with Gasteiger partial charge in [0, 0.05) is 19.2 Å². The molecule has 2 amide bonds. The molecule has 0 saturated heterocycles. The van der Waals surface area contributed by atoms with E-state index in [0.717, 1.165) is 5.56 Å². The number of aromatic nitrogens is 2. The second-order valence-electron chi connectivity index (χ2n) is 6.26. The highest BCUT2D eigenvalue weighted by Crippen LogP contribution is 2.24.